The first-order chi connectivity index (χ1) is 13.5. The van der Waals surface area contributed by atoms with Gasteiger partial charge in [-0.25, -0.2) is 0 Å². The average Bonchev–Trinajstić information content (AvgIpc) is 3.05. The van der Waals surface area contributed by atoms with E-state index in [9.17, 15) is 4.79 Å². The molecule has 0 bridgehead atoms. The summed E-state index contributed by atoms with van der Waals surface area (Å²) in [5.74, 6) is 1.70. The summed E-state index contributed by atoms with van der Waals surface area (Å²) in [6.45, 7) is 5.58. The number of para-hydroxylation sites is 1. The van der Waals surface area contributed by atoms with Gasteiger partial charge in [0.25, 0.3) is 0 Å². The molecule has 0 spiro atoms. The summed E-state index contributed by atoms with van der Waals surface area (Å²) in [6.07, 6.45) is 0.926. The standard InChI is InChI=1S/C23H26N2O3/c1-14-23(17-7-5-6-8-19(17)24-14)20(26)13-25-10-9-16-11-21(27-3)22(28-4)12-18(16)15(25)2/h5-8,11-12,15,24H,9-10,13H2,1-4H3/p+1/t15-/m0/s1. The second-order valence-electron chi connectivity index (χ2n) is 7.56. The van der Waals surface area contributed by atoms with Crippen LogP contribution < -0.4 is 14.4 Å². The first kappa shape index (κ1) is 18.6. The Bertz CT molecular complexity index is 1040. The number of carbonyl (C=O) groups is 1. The number of fused-ring (bicyclic) bond motifs is 2. The third kappa shape index (κ3) is 3.06. The van der Waals surface area contributed by atoms with E-state index >= 15 is 0 Å². The number of nitrogens with one attached hydrogen (secondary N) is 2. The lowest BCUT2D eigenvalue weighted by molar-refractivity contribution is -0.923. The van der Waals surface area contributed by atoms with E-state index < -0.39 is 0 Å². The van der Waals surface area contributed by atoms with Crippen molar-refractivity contribution < 1.29 is 19.2 Å². The number of ether oxygens (including phenoxy) is 2. The molecule has 28 heavy (non-hydrogen) atoms. The first-order valence-electron chi connectivity index (χ1n) is 9.73. The van der Waals surface area contributed by atoms with Gasteiger partial charge < -0.3 is 19.4 Å². The van der Waals surface area contributed by atoms with Crippen molar-refractivity contribution in [2.45, 2.75) is 26.3 Å². The van der Waals surface area contributed by atoms with Gasteiger partial charge in [-0.05, 0) is 37.6 Å². The SMILES string of the molecule is COc1cc2c(cc1OC)[C@H](C)[NH+](CC(=O)c1c(C)[nH]c3ccccc13)CC2. The van der Waals surface area contributed by atoms with E-state index in [-0.39, 0.29) is 11.8 Å². The van der Waals surface area contributed by atoms with Gasteiger partial charge in [0, 0.05) is 28.6 Å². The molecule has 4 rings (SSSR count). The van der Waals surface area contributed by atoms with Gasteiger partial charge >= 0.3 is 0 Å². The number of H-pyrrole nitrogens is 1. The number of aromatic amines is 1. The molecule has 5 heteroatoms. The number of methoxy groups -OCH3 is 2. The number of benzene rings is 2. The van der Waals surface area contributed by atoms with Gasteiger partial charge in [-0.3, -0.25) is 4.79 Å². The van der Waals surface area contributed by atoms with Gasteiger partial charge in [-0.1, -0.05) is 18.2 Å². The lowest BCUT2D eigenvalue weighted by atomic mass is 9.92. The zero-order valence-corrected chi connectivity index (χ0v) is 16.9. The van der Waals surface area contributed by atoms with Crippen molar-refractivity contribution in [3.63, 3.8) is 0 Å². The van der Waals surface area contributed by atoms with Crippen molar-refractivity contribution in [1.82, 2.24) is 4.98 Å². The fraction of sp³-hybridized carbons (Fsp3) is 0.348. The summed E-state index contributed by atoms with van der Waals surface area (Å²) in [6, 6.07) is 12.4. The summed E-state index contributed by atoms with van der Waals surface area (Å²) < 4.78 is 10.9. The van der Waals surface area contributed by atoms with E-state index in [1.807, 2.05) is 31.2 Å². The molecular formula is C23H27N2O3+. The zero-order chi connectivity index (χ0) is 19.8. The molecule has 0 radical (unpaired) electrons. The summed E-state index contributed by atoms with van der Waals surface area (Å²) in [5.41, 5.74) is 5.31. The number of hydrogen-bond acceptors (Lipinski definition) is 3. The van der Waals surface area contributed by atoms with Gasteiger partial charge in [-0.15, -0.1) is 0 Å². The van der Waals surface area contributed by atoms with Crippen LogP contribution in [0.5, 0.6) is 11.5 Å². The fourth-order valence-corrected chi connectivity index (χ4v) is 4.46. The second-order valence-corrected chi connectivity index (χ2v) is 7.56. The minimum atomic E-state index is 0.195. The molecular weight excluding hydrogens is 352 g/mol. The van der Waals surface area contributed by atoms with E-state index in [1.165, 1.54) is 16.0 Å². The molecule has 1 aromatic heterocycles. The van der Waals surface area contributed by atoms with Gasteiger partial charge in [0.15, 0.2) is 11.5 Å². The van der Waals surface area contributed by atoms with Crippen LogP contribution in [-0.2, 0) is 6.42 Å². The zero-order valence-electron chi connectivity index (χ0n) is 16.9. The molecule has 2 heterocycles. The number of hydrogen-bond donors (Lipinski definition) is 2. The maximum Gasteiger partial charge on any atom is 0.219 e. The summed E-state index contributed by atoms with van der Waals surface area (Å²) in [4.78, 5) is 17.8. The van der Waals surface area contributed by atoms with Gasteiger partial charge in [0.2, 0.25) is 5.78 Å². The summed E-state index contributed by atoms with van der Waals surface area (Å²) >= 11 is 0. The molecule has 0 saturated heterocycles. The van der Waals surface area contributed by atoms with Crippen molar-refractivity contribution >= 4 is 16.7 Å². The fourth-order valence-electron chi connectivity index (χ4n) is 4.46. The minimum absolute atomic E-state index is 0.195. The number of ketones is 1. The molecule has 0 aliphatic carbocycles. The number of aryl methyl sites for hydroxylation is 1. The molecule has 5 nitrogen and oxygen atoms in total. The number of rotatable bonds is 5. The lowest BCUT2D eigenvalue weighted by Crippen LogP contribution is -3.13. The second kappa shape index (κ2) is 7.32. The van der Waals surface area contributed by atoms with Crippen molar-refractivity contribution in [1.29, 1.82) is 0 Å². The Morgan fingerprint density at radius 2 is 1.89 bits per heavy atom. The molecule has 0 amide bonds. The average molecular weight is 379 g/mol. The van der Waals surface area contributed by atoms with Crippen LogP contribution in [0, 0.1) is 6.92 Å². The lowest BCUT2D eigenvalue weighted by Gasteiger charge is -2.32. The highest BCUT2D eigenvalue weighted by atomic mass is 16.5. The van der Waals surface area contributed by atoms with Crippen molar-refractivity contribution in [2.24, 2.45) is 0 Å². The smallest absolute Gasteiger partial charge is 0.219 e. The Hall–Kier alpha value is -2.79. The largest absolute Gasteiger partial charge is 0.493 e. The van der Waals surface area contributed by atoms with Crippen molar-refractivity contribution in [3.8, 4) is 11.5 Å². The Morgan fingerprint density at radius 1 is 1.18 bits per heavy atom. The third-order valence-corrected chi connectivity index (χ3v) is 6.00. The van der Waals surface area contributed by atoms with Crippen LogP contribution in [0.2, 0.25) is 0 Å². The topological polar surface area (TPSA) is 55.8 Å². The molecule has 1 aliphatic rings. The van der Waals surface area contributed by atoms with Gasteiger partial charge in [-0.2, -0.15) is 0 Å². The minimum Gasteiger partial charge on any atom is -0.493 e. The highest BCUT2D eigenvalue weighted by Gasteiger charge is 2.31. The molecule has 146 valence electrons. The molecule has 3 aromatic rings. The quantitative estimate of drug-likeness (QED) is 0.671. The summed E-state index contributed by atoms with van der Waals surface area (Å²) in [7, 11) is 3.32. The molecule has 0 saturated carbocycles. The van der Waals surface area contributed by atoms with Crippen molar-refractivity contribution in [2.75, 3.05) is 27.3 Å². The number of aromatic nitrogens is 1. The van der Waals surface area contributed by atoms with E-state index in [4.69, 9.17) is 9.47 Å². The Kier molecular flexibility index (Phi) is 4.85. The molecule has 2 atom stereocenters. The van der Waals surface area contributed by atoms with Gasteiger partial charge in [0.1, 0.15) is 12.6 Å². The molecule has 2 N–H and O–H groups in total. The van der Waals surface area contributed by atoms with Crippen molar-refractivity contribution in [3.05, 3.63) is 58.8 Å². The third-order valence-electron chi connectivity index (χ3n) is 6.00. The maximum atomic E-state index is 13.2. The van der Waals surface area contributed by atoms with Crippen LogP contribution in [0.3, 0.4) is 0 Å². The Labute approximate surface area is 165 Å². The van der Waals surface area contributed by atoms with Crippen LogP contribution >= 0.6 is 0 Å². The molecule has 1 unspecified atom stereocenters. The van der Waals surface area contributed by atoms with E-state index in [1.54, 1.807) is 14.2 Å². The molecule has 2 aromatic carbocycles. The maximum absolute atomic E-state index is 13.2. The van der Waals surface area contributed by atoms with Crippen LogP contribution in [-0.4, -0.2) is 38.1 Å². The monoisotopic (exact) mass is 379 g/mol. The Morgan fingerprint density at radius 3 is 2.64 bits per heavy atom. The van der Waals surface area contributed by atoms with E-state index in [0.717, 1.165) is 46.6 Å². The predicted molar refractivity (Wildman–Crippen MR) is 110 cm³/mol. The highest BCUT2D eigenvalue weighted by Crippen LogP contribution is 2.34. The molecule has 1 aliphatic heterocycles. The first-order valence-corrected chi connectivity index (χ1v) is 9.73. The van der Waals surface area contributed by atoms with E-state index in [0.29, 0.717) is 6.54 Å². The molecule has 0 fully saturated rings. The van der Waals surface area contributed by atoms with E-state index in [2.05, 4.69) is 24.0 Å². The number of Topliss-reactive ketones (excluding diaryl/α,β-unsaturated/α-hetero) is 1. The van der Waals surface area contributed by atoms with Gasteiger partial charge in [0.05, 0.1) is 26.3 Å². The van der Waals surface area contributed by atoms with Crippen LogP contribution in [0.25, 0.3) is 10.9 Å². The highest BCUT2D eigenvalue weighted by molar-refractivity contribution is 6.09. The summed E-state index contributed by atoms with van der Waals surface area (Å²) in [5, 5.41) is 1.01. The Balaban J connectivity index is 1.61. The number of quaternary nitrogens is 1. The normalized spacial score (nSPS) is 18.7. The predicted octanol–water partition coefficient (Wildman–Crippen LogP) is 2.88. The van der Waals surface area contributed by atoms with Crippen LogP contribution in [0.4, 0.5) is 0 Å². The number of carbonyl (C=O) groups excluding carboxylic acids is 1. The van der Waals surface area contributed by atoms with Crippen LogP contribution in [0.15, 0.2) is 36.4 Å². The van der Waals surface area contributed by atoms with Crippen LogP contribution in [0.1, 0.15) is 40.1 Å².